The maximum absolute atomic E-state index is 13.3. The lowest BCUT2D eigenvalue weighted by Gasteiger charge is -2.08. The number of hydrogen-bond donors (Lipinski definition) is 1. The number of rotatable bonds is 3. The highest BCUT2D eigenvalue weighted by atomic mass is 19.1. The Morgan fingerprint density at radius 2 is 2.00 bits per heavy atom. The summed E-state index contributed by atoms with van der Waals surface area (Å²) in [5.41, 5.74) is 0.403. The van der Waals surface area contributed by atoms with E-state index in [9.17, 15) is 4.39 Å². The minimum atomic E-state index is -0.361. The molecule has 1 aromatic rings. The summed E-state index contributed by atoms with van der Waals surface area (Å²) in [5, 5.41) is 2.72. The molecular weight excluding hydrogens is 181 g/mol. The Morgan fingerprint density at radius 1 is 1.36 bits per heavy atom. The third kappa shape index (κ3) is 2.40. The minimum Gasteiger partial charge on any atom is -0.371 e. The zero-order valence-corrected chi connectivity index (χ0v) is 9.06. The van der Waals surface area contributed by atoms with Gasteiger partial charge in [0.1, 0.15) is 5.82 Å². The second kappa shape index (κ2) is 4.35. The van der Waals surface area contributed by atoms with Crippen molar-refractivity contribution >= 4 is 5.82 Å². The molecule has 0 fully saturated rings. The molecule has 78 valence electrons. The van der Waals surface area contributed by atoms with Crippen LogP contribution in [0.25, 0.3) is 0 Å². The maximum atomic E-state index is 13.3. The van der Waals surface area contributed by atoms with Crippen LogP contribution in [0.3, 0.4) is 0 Å². The number of nitrogens with zero attached hydrogens (tertiary/aromatic N) is 2. The van der Waals surface area contributed by atoms with Crippen molar-refractivity contribution < 1.29 is 4.39 Å². The first-order chi connectivity index (χ1) is 6.54. The van der Waals surface area contributed by atoms with Gasteiger partial charge in [-0.1, -0.05) is 13.8 Å². The van der Waals surface area contributed by atoms with Crippen molar-refractivity contribution in [1.29, 1.82) is 0 Å². The molecule has 0 aromatic carbocycles. The van der Waals surface area contributed by atoms with Crippen molar-refractivity contribution in [2.24, 2.45) is 5.92 Å². The van der Waals surface area contributed by atoms with Gasteiger partial charge in [-0.25, -0.2) is 14.4 Å². The molecule has 0 saturated heterocycles. The second-order valence-electron chi connectivity index (χ2n) is 3.74. The van der Waals surface area contributed by atoms with Gasteiger partial charge in [-0.05, 0) is 12.8 Å². The fraction of sp³-hybridized carbons (Fsp3) is 0.600. The van der Waals surface area contributed by atoms with E-state index in [0.717, 1.165) is 6.42 Å². The van der Waals surface area contributed by atoms with Gasteiger partial charge in [0.2, 0.25) is 0 Å². The summed E-state index contributed by atoms with van der Waals surface area (Å²) in [6.07, 6.45) is 0.774. The van der Waals surface area contributed by atoms with Crippen LogP contribution in [-0.2, 0) is 6.42 Å². The summed E-state index contributed by atoms with van der Waals surface area (Å²) < 4.78 is 13.3. The van der Waals surface area contributed by atoms with Crippen molar-refractivity contribution in [3.63, 3.8) is 0 Å². The Hall–Kier alpha value is -1.19. The first-order valence-corrected chi connectivity index (χ1v) is 4.75. The smallest absolute Gasteiger partial charge is 0.186 e. The second-order valence-corrected chi connectivity index (χ2v) is 3.74. The van der Waals surface area contributed by atoms with Crippen molar-refractivity contribution in [3.05, 3.63) is 17.3 Å². The minimum absolute atomic E-state index is 0.285. The number of aryl methyl sites for hydroxylation is 1. The van der Waals surface area contributed by atoms with E-state index in [1.54, 1.807) is 14.0 Å². The van der Waals surface area contributed by atoms with E-state index in [4.69, 9.17) is 0 Å². The highest BCUT2D eigenvalue weighted by Gasteiger charge is 2.10. The van der Waals surface area contributed by atoms with Gasteiger partial charge in [-0.2, -0.15) is 0 Å². The molecule has 0 aliphatic carbocycles. The van der Waals surface area contributed by atoms with E-state index in [1.807, 2.05) is 0 Å². The quantitative estimate of drug-likeness (QED) is 0.807. The van der Waals surface area contributed by atoms with Crippen LogP contribution in [0, 0.1) is 18.7 Å². The van der Waals surface area contributed by atoms with Crippen LogP contribution >= 0.6 is 0 Å². The predicted molar refractivity (Wildman–Crippen MR) is 54.8 cm³/mol. The molecule has 0 spiro atoms. The van der Waals surface area contributed by atoms with Crippen LogP contribution in [0.15, 0.2) is 0 Å². The zero-order chi connectivity index (χ0) is 10.7. The third-order valence-electron chi connectivity index (χ3n) is 1.89. The first kappa shape index (κ1) is 10.9. The van der Waals surface area contributed by atoms with E-state index in [-0.39, 0.29) is 11.6 Å². The number of halogens is 1. The van der Waals surface area contributed by atoms with Gasteiger partial charge in [0.25, 0.3) is 0 Å². The Kier molecular flexibility index (Phi) is 3.38. The molecule has 0 radical (unpaired) electrons. The molecule has 0 saturated carbocycles. The SMILES string of the molecule is CNc1nc(CC(C)C)nc(C)c1F. The molecule has 4 heteroatoms. The lowest BCUT2D eigenvalue weighted by molar-refractivity contribution is 0.581. The largest absolute Gasteiger partial charge is 0.371 e. The van der Waals surface area contributed by atoms with Gasteiger partial charge in [0, 0.05) is 13.5 Å². The molecule has 14 heavy (non-hydrogen) atoms. The first-order valence-electron chi connectivity index (χ1n) is 4.75. The predicted octanol–water partition coefficient (Wildman–Crippen LogP) is 2.16. The van der Waals surface area contributed by atoms with Crippen molar-refractivity contribution in [2.45, 2.75) is 27.2 Å². The molecule has 1 rings (SSSR count). The van der Waals surface area contributed by atoms with E-state index in [2.05, 4.69) is 29.1 Å². The molecule has 0 amide bonds. The van der Waals surface area contributed by atoms with Gasteiger partial charge in [-0.3, -0.25) is 0 Å². The molecule has 1 aromatic heterocycles. The highest BCUT2D eigenvalue weighted by Crippen LogP contribution is 2.14. The average molecular weight is 197 g/mol. The summed E-state index contributed by atoms with van der Waals surface area (Å²) in [6, 6.07) is 0. The fourth-order valence-corrected chi connectivity index (χ4v) is 1.24. The Bertz CT molecular complexity index is 323. The lowest BCUT2D eigenvalue weighted by Crippen LogP contribution is -2.08. The van der Waals surface area contributed by atoms with Gasteiger partial charge in [0.05, 0.1) is 5.69 Å². The lowest BCUT2D eigenvalue weighted by atomic mass is 10.1. The summed E-state index contributed by atoms with van der Waals surface area (Å²) in [6.45, 7) is 5.82. The summed E-state index contributed by atoms with van der Waals surface area (Å²) in [7, 11) is 1.66. The van der Waals surface area contributed by atoms with Gasteiger partial charge in [0.15, 0.2) is 11.6 Å². The number of anilines is 1. The van der Waals surface area contributed by atoms with Crippen molar-refractivity contribution in [2.75, 3.05) is 12.4 Å². The Balaban J connectivity index is 3.03. The van der Waals surface area contributed by atoms with Crippen LogP contribution in [-0.4, -0.2) is 17.0 Å². The molecule has 0 unspecified atom stereocenters. The maximum Gasteiger partial charge on any atom is 0.186 e. The topological polar surface area (TPSA) is 37.8 Å². The molecule has 0 aliphatic heterocycles. The number of nitrogens with one attached hydrogen (secondary N) is 1. The van der Waals surface area contributed by atoms with E-state index in [0.29, 0.717) is 17.4 Å². The Morgan fingerprint density at radius 3 is 2.50 bits per heavy atom. The number of hydrogen-bond acceptors (Lipinski definition) is 3. The van der Waals surface area contributed by atoms with Crippen molar-refractivity contribution in [3.8, 4) is 0 Å². The van der Waals surface area contributed by atoms with Crippen molar-refractivity contribution in [1.82, 2.24) is 9.97 Å². The normalized spacial score (nSPS) is 10.7. The highest BCUT2D eigenvalue weighted by molar-refractivity contribution is 5.37. The average Bonchev–Trinajstić information content (AvgIpc) is 2.10. The van der Waals surface area contributed by atoms with Crippen LogP contribution in [0.4, 0.5) is 10.2 Å². The van der Waals surface area contributed by atoms with Crippen LogP contribution < -0.4 is 5.32 Å². The van der Waals surface area contributed by atoms with Gasteiger partial charge < -0.3 is 5.32 Å². The van der Waals surface area contributed by atoms with E-state index >= 15 is 0 Å². The van der Waals surface area contributed by atoms with Crippen LogP contribution in [0.2, 0.25) is 0 Å². The monoisotopic (exact) mass is 197 g/mol. The number of aromatic nitrogens is 2. The molecule has 3 nitrogen and oxygen atoms in total. The summed E-state index contributed by atoms with van der Waals surface area (Å²) in [4.78, 5) is 8.19. The molecule has 0 bridgehead atoms. The standard InChI is InChI=1S/C10H16FN3/c1-6(2)5-8-13-7(3)9(11)10(12-4)14-8/h6H,5H2,1-4H3,(H,12,13,14). The molecule has 1 N–H and O–H groups in total. The van der Waals surface area contributed by atoms with Gasteiger partial charge in [-0.15, -0.1) is 0 Å². The zero-order valence-electron chi connectivity index (χ0n) is 9.06. The van der Waals surface area contributed by atoms with E-state index in [1.165, 1.54) is 0 Å². The molecular formula is C10H16FN3. The summed E-state index contributed by atoms with van der Waals surface area (Å²) in [5.74, 6) is 1.10. The van der Waals surface area contributed by atoms with Crippen LogP contribution in [0.1, 0.15) is 25.4 Å². The van der Waals surface area contributed by atoms with Crippen LogP contribution in [0.5, 0.6) is 0 Å². The molecule has 1 heterocycles. The van der Waals surface area contributed by atoms with E-state index < -0.39 is 0 Å². The van der Waals surface area contributed by atoms with Gasteiger partial charge >= 0.3 is 0 Å². The summed E-state index contributed by atoms with van der Waals surface area (Å²) >= 11 is 0. The fourth-order valence-electron chi connectivity index (χ4n) is 1.24. The molecule has 0 aliphatic rings. The molecule has 0 atom stereocenters. The Labute approximate surface area is 83.8 Å². The third-order valence-corrected chi connectivity index (χ3v) is 1.89.